The molecule has 3 rings (SSSR count). The second kappa shape index (κ2) is 4.48. The third-order valence-corrected chi connectivity index (χ3v) is 3.28. The number of fused-ring (bicyclic) bond motifs is 3. The van der Waals surface area contributed by atoms with Crippen LogP contribution in [0.15, 0.2) is 30.5 Å². The Morgan fingerprint density at radius 3 is 2.78 bits per heavy atom. The van der Waals surface area contributed by atoms with Crippen molar-refractivity contribution in [1.29, 1.82) is 0 Å². The van der Waals surface area contributed by atoms with Crippen LogP contribution in [0, 0.1) is 0 Å². The molecule has 0 aliphatic carbocycles. The maximum atomic E-state index is 5.27. The molecule has 1 aromatic heterocycles. The van der Waals surface area contributed by atoms with Crippen molar-refractivity contribution >= 4 is 17.0 Å². The zero-order chi connectivity index (χ0) is 12.5. The maximum absolute atomic E-state index is 5.27. The summed E-state index contributed by atoms with van der Waals surface area (Å²) in [5.41, 5.74) is 3.62. The van der Waals surface area contributed by atoms with Crippen LogP contribution < -0.4 is 0 Å². The first-order valence-corrected chi connectivity index (χ1v) is 5.92. The lowest BCUT2D eigenvalue weighted by atomic mass is 10.1. The molecule has 0 fully saturated rings. The van der Waals surface area contributed by atoms with Gasteiger partial charge in [0.05, 0.1) is 6.54 Å². The van der Waals surface area contributed by atoms with E-state index in [4.69, 9.17) is 9.47 Å². The van der Waals surface area contributed by atoms with Crippen molar-refractivity contribution in [3.05, 3.63) is 41.7 Å². The van der Waals surface area contributed by atoms with E-state index in [0.29, 0.717) is 0 Å². The molecule has 94 valence electrons. The molecule has 0 unspecified atom stereocenters. The predicted octanol–water partition coefficient (Wildman–Crippen LogP) is 2.53. The van der Waals surface area contributed by atoms with Crippen molar-refractivity contribution in [3.8, 4) is 0 Å². The second-order valence-electron chi connectivity index (χ2n) is 4.33. The first-order valence-electron chi connectivity index (χ1n) is 5.92. The van der Waals surface area contributed by atoms with Gasteiger partial charge >= 0.3 is 0 Å². The molecule has 0 atom stereocenters. The Bertz CT molecular complexity index is 584. The zero-order valence-electron chi connectivity index (χ0n) is 10.5. The van der Waals surface area contributed by atoms with Crippen molar-refractivity contribution in [1.82, 2.24) is 9.88 Å². The first-order chi connectivity index (χ1) is 8.83. The molecule has 1 aliphatic rings. The molecule has 0 amide bonds. The number of hydrogen-bond acceptors (Lipinski definition) is 3. The largest absolute Gasteiger partial charge is 0.356 e. The molecule has 2 heterocycles. The van der Waals surface area contributed by atoms with Gasteiger partial charge in [0.1, 0.15) is 0 Å². The molecule has 2 aromatic rings. The normalized spacial score (nSPS) is 14.5. The van der Waals surface area contributed by atoms with Crippen LogP contribution in [0.3, 0.4) is 0 Å². The summed E-state index contributed by atoms with van der Waals surface area (Å²) in [5, 5.41) is 1.26. The molecule has 18 heavy (non-hydrogen) atoms. The molecule has 0 bridgehead atoms. The summed E-state index contributed by atoms with van der Waals surface area (Å²) in [4.78, 5) is 5.46. The summed E-state index contributed by atoms with van der Waals surface area (Å²) < 4.78 is 10.5. The summed E-state index contributed by atoms with van der Waals surface area (Å²) in [6, 6.07) is 8.33. The van der Waals surface area contributed by atoms with Crippen molar-refractivity contribution in [2.24, 2.45) is 0 Å². The van der Waals surface area contributed by atoms with Crippen LogP contribution in [0.2, 0.25) is 0 Å². The van der Waals surface area contributed by atoms with E-state index in [9.17, 15) is 0 Å². The Labute approximate surface area is 106 Å². The highest BCUT2D eigenvalue weighted by molar-refractivity contribution is 5.90. The summed E-state index contributed by atoms with van der Waals surface area (Å²) in [6.45, 7) is 0.757. The van der Waals surface area contributed by atoms with E-state index in [2.05, 4.69) is 29.3 Å². The fourth-order valence-corrected chi connectivity index (χ4v) is 2.45. The standard InChI is InChI=1S/C14H16N2O2/c1-17-14(18-2)16-8-7-11-10-5-3-4-6-12(10)15-13(11)9-16/h3-8,14-15H,9H2,1-2H3. The molecule has 4 nitrogen and oxygen atoms in total. The number of rotatable bonds is 3. The van der Waals surface area contributed by atoms with Crippen LogP contribution in [0.4, 0.5) is 0 Å². The number of aromatic nitrogens is 1. The van der Waals surface area contributed by atoms with Crippen molar-refractivity contribution in [2.75, 3.05) is 14.2 Å². The SMILES string of the molecule is COC(OC)N1C=Cc2c([nH]c3ccccc23)C1. The van der Waals surface area contributed by atoms with E-state index in [1.54, 1.807) is 14.2 Å². The minimum absolute atomic E-state index is 0.346. The number of methoxy groups -OCH3 is 2. The summed E-state index contributed by atoms with van der Waals surface area (Å²) >= 11 is 0. The van der Waals surface area contributed by atoms with E-state index in [1.165, 1.54) is 22.2 Å². The Kier molecular flexibility index (Phi) is 2.81. The van der Waals surface area contributed by atoms with Crippen molar-refractivity contribution < 1.29 is 9.47 Å². The molecule has 1 N–H and O–H groups in total. The van der Waals surface area contributed by atoms with Gasteiger partial charge in [-0.3, -0.25) is 0 Å². The highest BCUT2D eigenvalue weighted by Gasteiger charge is 2.20. The first kappa shape index (κ1) is 11.3. The lowest BCUT2D eigenvalue weighted by Gasteiger charge is -2.29. The monoisotopic (exact) mass is 244 g/mol. The Hall–Kier alpha value is -1.78. The number of para-hydroxylation sites is 1. The number of aromatic amines is 1. The Morgan fingerprint density at radius 2 is 2.00 bits per heavy atom. The lowest BCUT2D eigenvalue weighted by molar-refractivity contribution is -0.183. The predicted molar refractivity (Wildman–Crippen MR) is 70.7 cm³/mol. The Morgan fingerprint density at radius 1 is 1.22 bits per heavy atom. The summed E-state index contributed by atoms with van der Waals surface area (Å²) in [5.74, 6) is 0. The number of ether oxygens (including phenoxy) is 2. The number of H-pyrrole nitrogens is 1. The third-order valence-electron chi connectivity index (χ3n) is 3.28. The Balaban J connectivity index is 1.98. The minimum atomic E-state index is -0.346. The van der Waals surface area contributed by atoms with Gasteiger partial charge in [-0.15, -0.1) is 0 Å². The molecular formula is C14H16N2O2. The summed E-state index contributed by atoms with van der Waals surface area (Å²) in [6.07, 6.45) is 3.77. The molecule has 4 heteroatoms. The average molecular weight is 244 g/mol. The van der Waals surface area contributed by atoms with Crippen LogP contribution in [-0.4, -0.2) is 30.5 Å². The number of nitrogens with one attached hydrogen (secondary N) is 1. The van der Waals surface area contributed by atoms with E-state index >= 15 is 0 Å². The van der Waals surface area contributed by atoms with Gasteiger partial charge in [-0.25, -0.2) is 0 Å². The van der Waals surface area contributed by atoms with Gasteiger partial charge in [-0.05, 0) is 12.1 Å². The van der Waals surface area contributed by atoms with Gasteiger partial charge in [0, 0.05) is 42.6 Å². The fourth-order valence-electron chi connectivity index (χ4n) is 2.45. The second-order valence-corrected chi connectivity index (χ2v) is 4.33. The smallest absolute Gasteiger partial charge is 0.239 e. The molecule has 1 aromatic carbocycles. The lowest BCUT2D eigenvalue weighted by Crippen LogP contribution is -2.34. The van der Waals surface area contributed by atoms with Crippen LogP contribution >= 0.6 is 0 Å². The third kappa shape index (κ3) is 1.70. The fraction of sp³-hybridized carbons (Fsp3) is 0.286. The quantitative estimate of drug-likeness (QED) is 0.843. The number of benzene rings is 1. The topological polar surface area (TPSA) is 37.5 Å². The van der Waals surface area contributed by atoms with Gasteiger partial charge in [-0.1, -0.05) is 18.2 Å². The number of nitrogens with zero attached hydrogens (tertiary/aromatic N) is 1. The molecule has 0 spiro atoms. The zero-order valence-corrected chi connectivity index (χ0v) is 10.5. The minimum Gasteiger partial charge on any atom is -0.356 e. The van der Waals surface area contributed by atoms with Crippen LogP contribution in [0.5, 0.6) is 0 Å². The van der Waals surface area contributed by atoms with E-state index in [0.717, 1.165) is 6.54 Å². The maximum Gasteiger partial charge on any atom is 0.239 e. The van der Waals surface area contributed by atoms with E-state index in [-0.39, 0.29) is 6.41 Å². The van der Waals surface area contributed by atoms with Crippen LogP contribution in [0.25, 0.3) is 17.0 Å². The van der Waals surface area contributed by atoms with Gasteiger partial charge in [0.2, 0.25) is 6.41 Å². The van der Waals surface area contributed by atoms with E-state index in [1.807, 2.05) is 17.2 Å². The average Bonchev–Trinajstić information content (AvgIpc) is 2.78. The molecule has 1 aliphatic heterocycles. The molecule has 0 saturated carbocycles. The van der Waals surface area contributed by atoms with Crippen LogP contribution in [-0.2, 0) is 16.0 Å². The van der Waals surface area contributed by atoms with Crippen molar-refractivity contribution in [2.45, 2.75) is 13.0 Å². The van der Waals surface area contributed by atoms with Crippen LogP contribution in [0.1, 0.15) is 11.3 Å². The highest BCUT2D eigenvalue weighted by Crippen LogP contribution is 2.28. The van der Waals surface area contributed by atoms with E-state index < -0.39 is 0 Å². The molecule has 0 radical (unpaired) electrons. The van der Waals surface area contributed by atoms with Gasteiger partial charge in [0.25, 0.3) is 0 Å². The molecular weight excluding hydrogens is 228 g/mol. The van der Waals surface area contributed by atoms with Crippen molar-refractivity contribution in [3.63, 3.8) is 0 Å². The van der Waals surface area contributed by atoms with Gasteiger partial charge < -0.3 is 19.4 Å². The van der Waals surface area contributed by atoms with Gasteiger partial charge in [0.15, 0.2) is 0 Å². The molecule has 0 saturated heterocycles. The highest BCUT2D eigenvalue weighted by atomic mass is 16.7. The number of hydrogen-bond donors (Lipinski definition) is 1. The summed E-state index contributed by atoms with van der Waals surface area (Å²) in [7, 11) is 3.28. The van der Waals surface area contributed by atoms with Gasteiger partial charge in [-0.2, -0.15) is 0 Å².